The zero-order valence-corrected chi connectivity index (χ0v) is 33.5. The summed E-state index contributed by atoms with van der Waals surface area (Å²) in [5, 5.41) is 14.5. The number of carboxylic acid groups (broad SMARTS) is 1. The summed E-state index contributed by atoms with van der Waals surface area (Å²) in [6.07, 6.45) is 6.59. The van der Waals surface area contributed by atoms with Crippen molar-refractivity contribution in [1.29, 1.82) is 0 Å². The third-order valence-electron chi connectivity index (χ3n) is 13.2. The molecule has 5 N–H and O–H groups in total. The van der Waals surface area contributed by atoms with Crippen molar-refractivity contribution >= 4 is 24.0 Å². The Kier molecular flexibility index (Phi) is 9.55. The number of hydrogen-bond acceptors (Lipinski definition) is 7. The summed E-state index contributed by atoms with van der Waals surface area (Å²) in [5.41, 5.74) is 6.46. The number of piperidine rings is 2. The SMILES string of the molecule is COC(=O)N[C@H](C(=O)N1[C@@H]2C[C@@H]2C[C@H]1c1ncc(-c2ccc([C@@H]3C[C@H]3c3ccc(-c4cnc([C@@H]5C[C@H]6C[C@H]6N5C(=O)[C@@H](NC(=O)O)C(C)C)[nH]4)cc3)cc2)[nH]1)C(C)C. The van der Waals surface area contributed by atoms with Crippen molar-refractivity contribution in [2.24, 2.45) is 23.7 Å². The van der Waals surface area contributed by atoms with E-state index in [0.717, 1.165) is 66.3 Å². The quantitative estimate of drug-likeness (QED) is 0.105. The second-order valence-corrected chi connectivity index (χ2v) is 17.7. The zero-order chi connectivity index (χ0) is 40.6. The zero-order valence-electron chi connectivity index (χ0n) is 33.5. The van der Waals surface area contributed by atoms with Crippen LogP contribution in [0.1, 0.15) is 106 Å². The summed E-state index contributed by atoms with van der Waals surface area (Å²) in [5.74, 6) is 2.76. The summed E-state index contributed by atoms with van der Waals surface area (Å²) in [6.45, 7) is 7.57. The van der Waals surface area contributed by atoms with Gasteiger partial charge < -0.3 is 40.2 Å². The molecule has 2 aromatic carbocycles. The van der Waals surface area contributed by atoms with Crippen LogP contribution in [-0.4, -0.2) is 90.1 Å². The number of rotatable bonds is 12. The Balaban J connectivity index is 0.829. The molecule has 0 unspecified atom stereocenters. The number of aromatic amines is 2. The van der Waals surface area contributed by atoms with Crippen LogP contribution in [0.4, 0.5) is 9.59 Å². The normalized spacial score (nSPS) is 27.5. The van der Waals surface area contributed by atoms with Gasteiger partial charge in [-0.15, -0.1) is 0 Å². The molecule has 10 atom stereocenters. The molecule has 4 aromatic rings. The number of amides is 4. The highest BCUT2D eigenvalue weighted by Gasteiger charge is 2.57. The number of carbonyl (C=O) groups is 4. The highest BCUT2D eigenvalue weighted by atomic mass is 16.5. The van der Waals surface area contributed by atoms with Crippen LogP contribution in [0.5, 0.6) is 0 Å². The molecule has 4 heterocycles. The molecule has 0 bridgehead atoms. The Morgan fingerprint density at radius 3 is 1.50 bits per heavy atom. The van der Waals surface area contributed by atoms with Gasteiger partial charge in [0.15, 0.2) is 0 Å². The molecular formula is C44H52N8O6. The van der Waals surface area contributed by atoms with Gasteiger partial charge in [-0.2, -0.15) is 0 Å². The number of fused-ring (bicyclic) bond motifs is 2. The third-order valence-corrected chi connectivity index (χ3v) is 13.2. The van der Waals surface area contributed by atoms with Crippen molar-refractivity contribution in [2.75, 3.05) is 7.11 Å². The van der Waals surface area contributed by atoms with Crippen LogP contribution in [0.25, 0.3) is 22.5 Å². The van der Waals surface area contributed by atoms with Crippen LogP contribution < -0.4 is 10.6 Å². The number of H-pyrrole nitrogens is 2. The van der Waals surface area contributed by atoms with Gasteiger partial charge in [-0.25, -0.2) is 19.6 Å². The van der Waals surface area contributed by atoms with Gasteiger partial charge in [0.1, 0.15) is 23.7 Å². The van der Waals surface area contributed by atoms with E-state index in [9.17, 15) is 24.3 Å². The van der Waals surface area contributed by atoms with E-state index in [1.54, 1.807) is 0 Å². The highest BCUT2D eigenvalue weighted by molar-refractivity contribution is 5.88. The van der Waals surface area contributed by atoms with E-state index in [2.05, 4.69) is 69.1 Å². The van der Waals surface area contributed by atoms with Crippen molar-refractivity contribution in [3.8, 4) is 22.5 Å². The van der Waals surface area contributed by atoms with Crippen molar-refractivity contribution in [1.82, 2.24) is 40.4 Å². The lowest BCUT2D eigenvalue weighted by molar-refractivity contribution is -0.137. The molecule has 5 fully saturated rings. The molecule has 9 rings (SSSR count). The van der Waals surface area contributed by atoms with Crippen LogP contribution in [0.3, 0.4) is 0 Å². The first-order valence-electron chi connectivity index (χ1n) is 20.7. The number of ether oxygens (including phenoxy) is 1. The number of carbonyl (C=O) groups excluding carboxylic acids is 3. The Hall–Kier alpha value is -5.66. The van der Waals surface area contributed by atoms with Gasteiger partial charge >= 0.3 is 12.2 Å². The number of hydrogen-bond donors (Lipinski definition) is 5. The molecule has 3 saturated carbocycles. The van der Waals surface area contributed by atoms with E-state index in [1.807, 2.05) is 49.9 Å². The fourth-order valence-electron chi connectivity index (χ4n) is 9.76. The smallest absolute Gasteiger partial charge is 0.407 e. The Morgan fingerprint density at radius 1 is 0.672 bits per heavy atom. The number of likely N-dealkylation sites (tertiary alicyclic amines) is 2. The third kappa shape index (κ3) is 7.00. The molecule has 14 nitrogen and oxygen atoms in total. The lowest BCUT2D eigenvalue weighted by Gasteiger charge is -2.31. The summed E-state index contributed by atoms with van der Waals surface area (Å²) >= 11 is 0. The largest absolute Gasteiger partial charge is 0.465 e. The van der Waals surface area contributed by atoms with Gasteiger partial charge in [-0.3, -0.25) is 9.59 Å². The number of aromatic nitrogens is 4. The van der Waals surface area contributed by atoms with Crippen molar-refractivity contribution in [3.05, 3.63) is 83.7 Å². The number of imidazole rings is 2. The minimum Gasteiger partial charge on any atom is -0.465 e. The average molecular weight is 789 g/mol. The standard InChI is InChI=1S/C44H52N8O6/c1-21(2)37(49-43(55)56)41(53)51-33-14-27(33)16-35(51)39-45-19-31(47-39)25-10-6-23(7-11-25)29-18-30(29)24-8-12-26(13-9-24)32-20-46-40(48-32)36-17-28-15-34(28)52(36)42(54)38(22(3)4)50-44(57)58-5/h6-13,19-22,27-30,33-38,49H,14-18H2,1-5H3,(H,45,47)(H,46,48)(H,50,57)(H,55,56)/t27-,28-,29+,30+,33-,34-,35+,36+,37+,38+/m1/s1. The molecule has 2 aliphatic heterocycles. The maximum Gasteiger partial charge on any atom is 0.407 e. The van der Waals surface area contributed by atoms with Gasteiger partial charge in [-0.1, -0.05) is 76.2 Å². The van der Waals surface area contributed by atoms with Gasteiger partial charge in [0.25, 0.3) is 0 Å². The number of nitrogens with one attached hydrogen (secondary N) is 4. The predicted octanol–water partition coefficient (Wildman–Crippen LogP) is 6.73. The van der Waals surface area contributed by atoms with Gasteiger partial charge in [0.05, 0.1) is 43.0 Å². The fraction of sp³-hybridized carbons (Fsp3) is 0.500. The predicted molar refractivity (Wildman–Crippen MR) is 214 cm³/mol. The molecule has 304 valence electrons. The van der Waals surface area contributed by atoms with E-state index < -0.39 is 24.3 Å². The van der Waals surface area contributed by atoms with Gasteiger partial charge in [0, 0.05) is 12.1 Å². The van der Waals surface area contributed by atoms with E-state index >= 15 is 0 Å². The van der Waals surface area contributed by atoms with E-state index in [4.69, 9.17) is 14.7 Å². The molecule has 0 radical (unpaired) electrons. The van der Waals surface area contributed by atoms with Crippen LogP contribution in [0, 0.1) is 23.7 Å². The monoisotopic (exact) mass is 788 g/mol. The molecule has 0 spiro atoms. The molecular weight excluding hydrogens is 737 g/mol. The first kappa shape index (κ1) is 37.9. The van der Waals surface area contributed by atoms with Crippen molar-refractivity contribution in [3.63, 3.8) is 0 Å². The minimum absolute atomic E-state index is 0.0896. The maximum atomic E-state index is 13.8. The van der Waals surface area contributed by atoms with Crippen molar-refractivity contribution < 1.29 is 29.0 Å². The lowest BCUT2D eigenvalue weighted by atomic mass is 10.0. The molecule has 4 amide bonds. The fourth-order valence-corrected chi connectivity index (χ4v) is 9.76. The lowest BCUT2D eigenvalue weighted by Crippen LogP contribution is -2.52. The molecule has 2 aromatic heterocycles. The second kappa shape index (κ2) is 14.6. The molecule has 58 heavy (non-hydrogen) atoms. The summed E-state index contributed by atoms with van der Waals surface area (Å²) in [4.78, 5) is 71.2. The highest BCUT2D eigenvalue weighted by Crippen LogP contribution is 2.56. The van der Waals surface area contributed by atoms with Crippen LogP contribution in [-0.2, 0) is 14.3 Å². The van der Waals surface area contributed by atoms with Crippen LogP contribution in [0.15, 0.2) is 60.9 Å². The Morgan fingerprint density at radius 2 is 1.10 bits per heavy atom. The number of nitrogens with zero attached hydrogens (tertiary/aromatic N) is 4. The van der Waals surface area contributed by atoms with E-state index in [1.165, 1.54) is 18.2 Å². The molecule has 2 saturated heterocycles. The summed E-state index contributed by atoms with van der Waals surface area (Å²) in [6, 6.07) is 15.8. The van der Waals surface area contributed by atoms with Gasteiger partial charge in [0.2, 0.25) is 11.8 Å². The summed E-state index contributed by atoms with van der Waals surface area (Å²) in [7, 11) is 1.31. The first-order chi connectivity index (χ1) is 27.9. The van der Waals surface area contributed by atoms with E-state index in [0.29, 0.717) is 23.7 Å². The molecule has 3 aliphatic carbocycles. The van der Waals surface area contributed by atoms with Crippen LogP contribution >= 0.6 is 0 Å². The first-order valence-corrected chi connectivity index (χ1v) is 20.7. The Labute approximate surface area is 337 Å². The van der Waals surface area contributed by atoms with Crippen LogP contribution in [0.2, 0.25) is 0 Å². The number of alkyl carbamates (subject to hydrolysis) is 1. The second-order valence-electron chi connectivity index (χ2n) is 17.7. The average Bonchev–Trinajstić information content (AvgIpc) is 4.14. The Bertz CT molecular complexity index is 2210. The van der Waals surface area contributed by atoms with Crippen molar-refractivity contribution in [2.45, 2.75) is 108 Å². The summed E-state index contributed by atoms with van der Waals surface area (Å²) < 4.78 is 4.80. The van der Waals surface area contributed by atoms with E-state index in [-0.39, 0.29) is 47.8 Å². The van der Waals surface area contributed by atoms with Gasteiger partial charge in [-0.05, 0) is 89.9 Å². The maximum absolute atomic E-state index is 13.8. The molecule has 5 aliphatic rings. The minimum atomic E-state index is -1.19. The number of methoxy groups -OCH3 is 1. The topological polar surface area (TPSA) is 186 Å². The number of benzene rings is 2. The molecule has 14 heteroatoms.